The Kier molecular flexibility index (Phi) is 9.83. The second-order valence-corrected chi connectivity index (χ2v) is 11.5. The van der Waals surface area contributed by atoms with Crippen LogP contribution >= 0.6 is 0 Å². The Morgan fingerprint density at radius 3 is 2.49 bits per heavy atom. The molecular formula is C26H38N2O8S. The molecule has 11 heteroatoms. The third-order valence-electron chi connectivity index (χ3n) is 7.29. The Balaban J connectivity index is 1.40. The molecular weight excluding hydrogens is 500 g/mol. The normalized spacial score (nSPS) is 23.1. The number of sulfonamides is 1. The topological polar surface area (TPSA) is 115 Å². The van der Waals surface area contributed by atoms with Crippen LogP contribution in [0.4, 0.5) is 0 Å². The molecule has 0 radical (unpaired) electrons. The quantitative estimate of drug-likeness (QED) is 0.455. The van der Waals surface area contributed by atoms with Gasteiger partial charge in [-0.2, -0.15) is 4.31 Å². The number of amides is 1. The van der Waals surface area contributed by atoms with E-state index in [1.165, 1.54) is 36.4 Å². The van der Waals surface area contributed by atoms with E-state index in [1.54, 1.807) is 17.0 Å². The summed E-state index contributed by atoms with van der Waals surface area (Å²) >= 11 is 0. The Bertz CT molecular complexity index is 1020. The second kappa shape index (κ2) is 13.1. The van der Waals surface area contributed by atoms with Crippen molar-refractivity contribution in [1.82, 2.24) is 9.21 Å². The molecule has 0 unspecified atom stereocenters. The Labute approximate surface area is 219 Å². The fourth-order valence-electron chi connectivity index (χ4n) is 5.22. The number of morpholine rings is 1. The molecule has 3 aliphatic rings. The Morgan fingerprint density at radius 2 is 1.84 bits per heavy atom. The van der Waals surface area contributed by atoms with Crippen LogP contribution in [0.1, 0.15) is 32.1 Å². The Hall–Kier alpha value is -2.18. The number of ether oxygens (including phenoxy) is 4. The number of rotatable bonds is 11. The number of hydrogen-bond acceptors (Lipinski definition) is 8. The number of carbonyl (C=O) groups is 1. The molecule has 1 aromatic rings. The molecule has 1 N–H and O–H groups in total. The molecule has 10 nitrogen and oxygen atoms in total. The van der Waals surface area contributed by atoms with E-state index in [2.05, 4.69) is 0 Å². The summed E-state index contributed by atoms with van der Waals surface area (Å²) in [7, 11) is -2.33. The highest BCUT2D eigenvalue weighted by atomic mass is 32.2. The summed E-state index contributed by atoms with van der Waals surface area (Å²) < 4.78 is 50.0. The number of nitrogens with zero attached hydrogens (tertiary/aromatic N) is 2. The lowest BCUT2D eigenvalue weighted by Gasteiger charge is -2.34. The van der Waals surface area contributed by atoms with Crippen molar-refractivity contribution >= 4 is 15.9 Å². The highest BCUT2D eigenvalue weighted by Gasteiger charge is 2.35. The minimum Gasteiger partial charge on any atom is -0.497 e. The molecule has 2 atom stereocenters. The van der Waals surface area contributed by atoms with Gasteiger partial charge in [-0.05, 0) is 55.0 Å². The predicted molar refractivity (Wildman–Crippen MR) is 135 cm³/mol. The van der Waals surface area contributed by atoms with Crippen molar-refractivity contribution in [3.05, 3.63) is 36.1 Å². The molecule has 0 aromatic heterocycles. The average Bonchev–Trinajstić information content (AvgIpc) is 3.48. The van der Waals surface area contributed by atoms with Crippen molar-refractivity contribution in [3.8, 4) is 5.75 Å². The van der Waals surface area contributed by atoms with Gasteiger partial charge < -0.3 is 29.0 Å². The van der Waals surface area contributed by atoms with Gasteiger partial charge >= 0.3 is 0 Å². The van der Waals surface area contributed by atoms with Gasteiger partial charge in [0.25, 0.3) is 5.91 Å². The molecule has 2 heterocycles. The summed E-state index contributed by atoms with van der Waals surface area (Å²) in [5.41, 5.74) is 0. The fraction of sp³-hybridized carbons (Fsp3) is 0.654. The van der Waals surface area contributed by atoms with Crippen LogP contribution in [0.15, 0.2) is 41.0 Å². The lowest BCUT2D eigenvalue weighted by molar-refractivity contribution is -0.158. The first kappa shape index (κ1) is 27.8. The minimum atomic E-state index is -3.84. The molecule has 1 saturated carbocycles. The van der Waals surface area contributed by atoms with Crippen LogP contribution < -0.4 is 4.74 Å². The zero-order valence-electron chi connectivity index (χ0n) is 21.4. The molecule has 1 aromatic carbocycles. The van der Waals surface area contributed by atoms with Crippen LogP contribution in [0.25, 0.3) is 0 Å². The van der Waals surface area contributed by atoms with Crippen molar-refractivity contribution in [3.63, 3.8) is 0 Å². The SMILES string of the molecule is COc1ccc(S(=O)(=O)N(CCO)CCO[C@H]2C[C@@H](C3CCCC3)C=C(C(=O)N3CCOCC3)O2)cc1. The van der Waals surface area contributed by atoms with Crippen LogP contribution in [0.2, 0.25) is 0 Å². The fourth-order valence-corrected chi connectivity index (χ4v) is 6.64. The standard InChI is InChI=1S/C26H38N2O8S/c1-33-22-6-8-23(9-7-22)37(31,32)28(10-14-29)13-17-35-25-19-21(20-4-2-3-5-20)18-24(36-25)26(30)27-11-15-34-16-12-27/h6-9,18,20-21,25,29H,2-5,10-17,19H2,1H3/t21-,25+/m0/s1. The van der Waals surface area contributed by atoms with Crippen molar-refractivity contribution in [2.24, 2.45) is 11.8 Å². The van der Waals surface area contributed by atoms with Crippen molar-refractivity contribution in [2.75, 3.05) is 59.7 Å². The lowest BCUT2D eigenvalue weighted by atomic mass is 9.86. The number of allylic oxidation sites excluding steroid dienone is 1. The van der Waals surface area contributed by atoms with Crippen molar-refractivity contribution < 1.29 is 37.3 Å². The van der Waals surface area contributed by atoms with Gasteiger partial charge in [-0.1, -0.05) is 12.8 Å². The van der Waals surface area contributed by atoms with Crippen LogP contribution in [0.3, 0.4) is 0 Å². The molecule has 1 saturated heterocycles. The zero-order chi connectivity index (χ0) is 26.3. The second-order valence-electron chi connectivity index (χ2n) is 9.60. The first-order chi connectivity index (χ1) is 17.9. The van der Waals surface area contributed by atoms with E-state index in [-0.39, 0.29) is 43.0 Å². The van der Waals surface area contributed by atoms with Gasteiger partial charge in [0.2, 0.25) is 16.3 Å². The summed E-state index contributed by atoms with van der Waals surface area (Å²) in [6.07, 6.45) is 6.57. The minimum absolute atomic E-state index is 0.0410. The van der Waals surface area contributed by atoms with E-state index in [0.717, 1.165) is 12.8 Å². The van der Waals surface area contributed by atoms with Gasteiger partial charge in [0, 0.05) is 32.6 Å². The predicted octanol–water partition coefficient (Wildman–Crippen LogP) is 1.99. The van der Waals surface area contributed by atoms with Crippen LogP contribution in [0.5, 0.6) is 5.75 Å². The number of aliphatic hydroxyl groups is 1. The number of carbonyl (C=O) groups excluding carboxylic acids is 1. The van der Waals surface area contributed by atoms with Gasteiger partial charge in [0.15, 0.2) is 5.76 Å². The molecule has 206 valence electrons. The van der Waals surface area contributed by atoms with E-state index in [0.29, 0.717) is 50.2 Å². The maximum atomic E-state index is 13.2. The molecule has 37 heavy (non-hydrogen) atoms. The maximum absolute atomic E-state index is 13.2. The van der Waals surface area contributed by atoms with Crippen LogP contribution in [0, 0.1) is 11.8 Å². The van der Waals surface area contributed by atoms with E-state index >= 15 is 0 Å². The number of methoxy groups -OCH3 is 1. The third-order valence-corrected chi connectivity index (χ3v) is 9.21. The molecule has 1 amide bonds. The number of hydrogen-bond donors (Lipinski definition) is 1. The summed E-state index contributed by atoms with van der Waals surface area (Å²) in [6.45, 7) is 1.80. The summed E-state index contributed by atoms with van der Waals surface area (Å²) in [6, 6.07) is 6.12. The first-order valence-electron chi connectivity index (χ1n) is 13.0. The largest absolute Gasteiger partial charge is 0.497 e. The van der Waals surface area contributed by atoms with Crippen LogP contribution in [-0.2, 0) is 29.0 Å². The molecule has 1 aliphatic carbocycles. The third kappa shape index (κ3) is 7.02. The highest BCUT2D eigenvalue weighted by Crippen LogP contribution is 2.38. The van der Waals surface area contributed by atoms with Gasteiger partial charge in [0.05, 0.1) is 38.4 Å². The van der Waals surface area contributed by atoms with Gasteiger partial charge in [-0.15, -0.1) is 0 Å². The first-order valence-corrected chi connectivity index (χ1v) is 14.5. The van der Waals surface area contributed by atoms with Gasteiger partial charge in [-0.25, -0.2) is 8.42 Å². The summed E-state index contributed by atoms with van der Waals surface area (Å²) in [5.74, 6) is 1.39. The molecule has 0 spiro atoms. The smallest absolute Gasteiger partial charge is 0.288 e. The maximum Gasteiger partial charge on any atom is 0.288 e. The number of aliphatic hydroxyl groups excluding tert-OH is 1. The monoisotopic (exact) mass is 538 g/mol. The molecule has 4 rings (SSSR count). The van der Waals surface area contributed by atoms with Crippen molar-refractivity contribution in [1.29, 1.82) is 0 Å². The average molecular weight is 539 g/mol. The molecule has 2 fully saturated rings. The highest BCUT2D eigenvalue weighted by molar-refractivity contribution is 7.89. The molecule has 0 bridgehead atoms. The number of benzene rings is 1. The van der Waals surface area contributed by atoms with Crippen molar-refractivity contribution in [2.45, 2.75) is 43.3 Å². The van der Waals surface area contributed by atoms with E-state index in [9.17, 15) is 18.3 Å². The van der Waals surface area contributed by atoms with Gasteiger partial charge in [0.1, 0.15) is 5.75 Å². The van der Waals surface area contributed by atoms with E-state index in [1.807, 2.05) is 6.08 Å². The summed E-state index contributed by atoms with van der Waals surface area (Å²) in [5, 5.41) is 9.50. The zero-order valence-corrected chi connectivity index (χ0v) is 22.2. The van der Waals surface area contributed by atoms with E-state index < -0.39 is 16.3 Å². The van der Waals surface area contributed by atoms with Gasteiger partial charge in [-0.3, -0.25) is 4.79 Å². The van der Waals surface area contributed by atoms with E-state index in [4.69, 9.17) is 18.9 Å². The molecule has 2 aliphatic heterocycles. The van der Waals surface area contributed by atoms with Crippen LogP contribution in [-0.4, -0.2) is 94.6 Å². The lowest BCUT2D eigenvalue weighted by Crippen LogP contribution is -2.43. The Morgan fingerprint density at radius 1 is 1.14 bits per heavy atom. The summed E-state index contributed by atoms with van der Waals surface area (Å²) in [4.78, 5) is 15.0.